The van der Waals surface area contributed by atoms with Gasteiger partial charge in [0.15, 0.2) is 11.5 Å². The van der Waals surface area contributed by atoms with E-state index in [1.165, 1.54) is 12.3 Å². The minimum atomic E-state index is -4.36. The van der Waals surface area contributed by atoms with Crippen molar-refractivity contribution in [2.75, 3.05) is 0 Å². The Hall–Kier alpha value is -4.15. The van der Waals surface area contributed by atoms with Crippen LogP contribution in [0, 0.1) is 5.82 Å². The highest BCUT2D eigenvalue weighted by molar-refractivity contribution is 5.89. The molecule has 0 atom stereocenters. The highest BCUT2D eigenvalue weighted by Gasteiger charge is 2.35. The topological polar surface area (TPSA) is 74.3 Å². The smallest absolute Gasteiger partial charge is 0.260 e. The van der Waals surface area contributed by atoms with Crippen LogP contribution < -0.4 is 0 Å². The van der Waals surface area contributed by atoms with Crippen molar-refractivity contribution in [1.29, 1.82) is 0 Å². The van der Waals surface area contributed by atoms with Crippen LogP contribution in [0.3, 0.4) is 0 Å². The van der Waals surface area contributed by atoms with Crippen molar-refractivity contribution in [2.24, 2.45) is 0 Å². The molecule has 0 spiro atoms. The summed E-state index contributed by atoms with van der Waals surface area (Å²) in [6.45, 7) is -0.947. The molecule has 6 rings (SSSR count). The van der Waals surface area contributed by atoms with Crippen molar-refractivity contribution in [1.82, 2.24) is 34.5 Å². The molecular weight excluding hydrogens is 474 g/mol. The normalized spacial score (nSPS) is 14.0. The van der Waals surface area contributed by atoms with E-state index in [0.717, 1.165) is 17.5 Å². The molecule has 1 aliphatic rings. The Bertz CT molecular complexity index is 1550. The molecule has 5 aromatic rings. The monoisotopic (exact) mass is 493 g/mol. The standard InChI is InChI=1S/C25H19F4N7/c26-20-6-2-1-4-16(20)13-35-24-18(5-3-9-30-24)21(34-35)23-31-10-17(11-32-23)19-12-33-36(14-25(27,28)29)22(19)15-7-8-15/h1-6,9-12,15H,7-8,13-14H2. The molecule has 7 nitrogen and oxygen atoms in total. The summed E-state index contributed by atoms with van der Waals surface area (Å²) >= 11 is 0. The van der Waals surface area contributed by atoms with Gasteiger partial charge >= 0.3 is 6.18 Å². The summed E-state index contributed by atoms with van der Waals surface area (Å²) in [6, 6.07) is 10.1. The summed E-state index contributed by atoms with van der Waals surface area (Å²) < 4.78 is 56.0. The highest BCUT2D eigenvalue weighted by Crippen LogP contribution is 2.45. The minimum Gasteiger partial charge on any atom is -0.260 e. The lowest BCUT2D eigenvalue weighted by Gasteiger charge is -2.11. The molecule has 1 aromatic carbocycles. The molecule has 0 unspecified atom stereocenters. The fourth-order valence-corrected chi connectivity index (χ4v) is 4.36. The summed E-state index contributed by atoms with van der Waals surface area (Å²) in [7, 11) is 0. The van der Waals surface area contributed by atoms with Gasteiger partial charge in [-0.25, -0.2) is 24.0 Å². The zero-order valence-corrected chi connectivity index (χ0v) is 18.8. The first-order valence-electron chi connectivity index (χ1n) is 11.4. The van der Waals surface area contributed by atoms with Gasteiger partial charge in [-0.15, -0.1) is 0 Å². The number of rotatable bonds is 6. The molecule has 0 bridgehead atoms. The number of hydrogen-bond acceptors (Lipinski definition) is 5. The van der Waals surface area contributed by atoms with Crippen LogP contribution in [0.2, 0.25) is 0 Å². The third-order valence-corrected chi connectivity index (χ3v) is 6.13. The van der Waals surface area contributed by atoms with E-state index in [1.54, 1.807) is 47.5 Å². The second-order valence-electron chi connectivity index (χ2n) is 8.76. The van der Waals surface area contributed by atoms with Crippen LogP contribution in [0.25, 0.3) is 33.7 Å². The van der Waals surface area contributed by atoms with Crippen LogP contribution in [0.1, 0.15) is 30.0 Å². The van der Waals surface area contributed by atoms with Crippen LogP contribution >= 0.6 is 0 Å². The number of alkyl halides is 3. The lowest BCUT2D eigenvalue weighted by Crippen LogP contribution is -2.20. The summed E-state index contributed by atoms with van der Waals surface area (Å²) in [4.78, 5) is 13.3. The molecule has 36 heavy (non-hydrogen) atoms. The van der Waals surface area contributed by atoms with Gasteiger partial charge in [0.1, 0.15) is 18.1 Å². The summed E-state index contributed by atoms with van der Waals surface area (Å²) in [5, 5.41) is 9.32. The maximum absolute atomic E-state index is 14.2. The van der Waals surface area contributed by atoms with Gasteiger partial charge in [0.25, 0.3) is 0 Å². The Morgan fingerprint density at radius 2 is 1.69 bits per heavy atom. The molecule has 0 radical (unpaired) electrons. The Morgan fingerprint density at radius 3 is 2.42 bits per heavy atom. The Kier molecular flexibility index (Phi) is 5.27. The van der Waals surface area contributed by atoms with E-state index in [-0.39, 0.29) is 18.3 Å². The number of aromatic nitrogens is 7. The van der Waals surface area contributed by atoms with E-state index in [1.807, 2.05) is 6.07 Å². The zero-order chi connectivity index (χ0) is 24.9. The zero-order valence-electron chi connectivity index (χ0n) is 18.8. The molecule has 182 valence electrons. The lowest BCUT2D eigenvalue weighted by atomic mass is 10.1. The highest BCUT2D eigenvalue weighted by atomic mass is 19.4. The number of hydrogen-bond donors (Lipinski definition) is 0. The average Bonchev–Trinajstić information content (AvgIpc) is 3.52. The predicted molar refractivity (Wildman–Crippen MR) is 123 cm³/mol. The van der Waals surface area contributed by atoms with Crippen LogP contribution in [0.4, 0.5) is 17.6 Å². The minimum absolute atomic E-state index is 0.0497. The molecule has 0 N–H and O–H groups in total. The van der Waals surface area contributed by atoms with Gasteiger partial charge in [0, 0.05) is 46.9 Å². The number of halogens is 4. The first-order valence-corrected chi connectivity index (χ1v) is 11.4. The molecule has 0 saturated heterocycles. The number of pyridine rings is 1. The van der Waals surface area contributed by atoms with Crippen LogP contribution in [0.15, 0.2) is 61.2 Å². The van der Waals surface area contributed by atoms with Crippen molar-refractivity contribution in [3.8, 4) is 22.6 Å². The third kappa shape index (κ3) is 4.21. The van der Waals surface area contributed by atoms with Gasteiger partial charge in [-0.05, 0) is 31.0 Å². The van der Waals surface area contributed by atoms with E-state index in [0.29, 0.717) is 44.9 Å². The van der Waals surface area contributed by atoms with Crippen molar-refractivity contribution in [3.05, 3.63) is 78.3 Å². The molecular formula is C25H19F4N7. The van der Waals surface area contributed by atoms with Gasteiger partial charge < -0.3 is 0 Å². The number of fused-ring (bicyclic) bond motifs is 1. The Morgan fingerprint density at radius 1 is 0.917 bits per heavy atom. The fourth-order valence-electron chi connectivity index (χ4n) is 4.36. The fraction of sp³-hybridized carbons (Fsp3) is 0.240. The SMILES string of the molecule is Fc1ccccc1Cn1nc(-c2ncc(-c3cnn(CC(F)(F)F)c3C3CC3)cn2)c2cccnc21. The van der Waals surface area contributed by atoms with Gasteiger partial charge in [0.05, 0.1) is 18.1 Å². The first kappa shape index (κ1) is 22.3. The van der Waals surface area contributed by atoms with E-state index in [4.69, 9.17) is 0 Å². The second kappa shape index (κ2) is 8.51. The molecule has 4 aromatic heterocycles. The second-order valence-corrected chi connectivity index (χ2v) is 8.76. The van der Waals surface area contributed by atoms with Gasteiger partial charge in [-0.3, -0.25) is 4.68 Å². The first-order chi connectivity index (χ1) is 17.4. The Balaban J connectivity index is 1.36. The molecule has 1 fully saturated rings. The van der Waals surface area contributed by atoms with Crippen molar-refractivity contribution in [2.45, 2.75) is 38.0 Å². The Labute approximate surface area is 202 Å². The summed E-state index contributed by atoms with van der Waals surface area (Å²) in [5.41, 5.74) is 3.27. The maximum Gasteiger partial charge on any atom is 0.408 e. The number of nitrogens with zero attached hydrogens (tertiary/aromatic N) is 7. The van der Waals surface area contributed by atoms with Gasteiger partial charge in [0.2, 0.25) is 0 Å². The maximum atomic E-state index is 14.2. The summed E-state index contributed by atoms with van der Waals surface area (Å²) in [5.74, 6) is 0.0464. The lowest BCUT2D eigenvalue weighted by molar-refractivity contribution is -0.143. The molecule has 0 amide bonds. The summed E-state index contributed by atoms with van der Waals surface area (Å²) in [6.07, 6.45) is 3.52. The van der Waals surface area contributed by atoms with E-state index in [2.05, 4.69) is 25.1 Å². The molecule has 1 aliphatic carbocycles. The van der Waals surface area contributed by atoms with Crippen LogP contribution in [-0.2, 0) is 13.1 Å². The van der Waals surface area contributed by atoms with Crippen molar-refractivity contribution < 1.29 is 17.6 Å². The molecule has 0 aliphatic heterocycles. The number of benzene rings is 1. The molecule has 4 heterocycles. The van der Waals surface area contributed by atoms with Crippen LogP contribution in [0.5, 0.6) is 0 Å². The third-order valence-electron chi connectivity index (χ3n) is 6.13. The van der Waals surface area contributed by atoms with Gasteiger partial charge in [-0.1, -0.05) is 18.2 Å². The molecule has 11 heteroatoms. The van der Waals surface area contributed by atoms with E-state index >= 15 is 0 Å². The largest absolute Gasteiger partial charge is 0.408 e. The molecule has 1 saturated carbocycles. The quantitative estimate of drug-likeness (QED) is 0.297. The van der Waals surface area contributed by atoms with Gasteiger partial charge in [-0.2, -0.15) is 23.4 Å². The average molecular weight is 493 g/mol. The van der Waals surface area contributed by atoms with Crippen molar-refractivity contribution >= 4 is 11.0 Å². The predicted octanol–water partition coefficient (Wildman–Crippen LogP) is 5.38. The van der Waals surface area contributed by atoms with Crippen LogP contribution in [-0.4, -0.2) is 40.7 Å². The van der Waals surface area contributed by atoms with E-state index < -0.39 is 12.7 Å². The van der Waals surface area contributed by atoms with Crippen molar-refractivity contribution in [3.63, 3.8) is 0 Å². The van der Waals surface area contributed by atoms with E-state index in [9.17, 15) is 17.6 Å².